The third kappa shape index (κ3) is 3.48. The lowest BCUT2D eigenvalue weighted by Crippen LogP contribution is -2.48. The highest BCUT2D eigenvalue weighted by Gasteiger charge is 2.26. The molecule has 0 unspecified atom stereocenters. The molecule has 2 saturated heterocycles. The average Bonchev–Trinajstić information content (AvgIpc) is 2.84. The molecule has 0 atom stereocenters. The van der Waals surface area contributed by atoms with Crippen molar-refractivity contribution in [3.8, 4) is 6.07 Å². The smallest absolute Gasteiger partial charge is 0.172 e. The van der Waals surface area contributed by atoms with E-state index in [1.165, 1.54) is 0 Å². The summed E-state index contributed by atoms with van der Waals surface area (Å²) in [4.78, 5) is 21.0. The highest BCUT2D eigenvalue weighted by molar-refractivity contribution is 5.81. The number of nitrogens with zero attached hydrogens (tertiary/aromatic N) is 7. The molecule has 8 heteroatoms. The highest BCUT2D eigenvalue weighted by atomic mass is 16.5. The summed E-state index contributed by atoms with van der Waals surface area (Å²) in [6.45, 7) is 6.28. The Bertz CT molecular complexity index is 1080. The first-order valence-corrected chi connectivity index (χ1v) is 10.3. The molecule has 2 aliphatic rings. The van der Waals surface area contributed by atoms with Crippen molar-refractivity contribution in [1.82, 2.24) is 15.0 Å². The molecule has 2 aromatic heterocycles. The number of aromatic nitrogens is 3. The molecule has 8 nitrogen and oxygen atoms in total. The number of anilines is 3. The van der Waals surface area contributed by atoms with E-state index in [1.807, 2.05) is 36.4 Å². The summed E-state index contributed by atoms with van der Waals surface area (Å²) in [5, 5.41) is 9.38. The van der Waals surface area contributed by atoms with Gasteiger partial charge in [0.1, 0.15) is 6.07 Å². The lowest BCUT2D eigenvalue weighted by atomic mass is 10.2. The monoisotopic (exact) mass is 401 g/mol. The molecule has 1 aromatic carbocycles. The fourth-order valence-corrected chi connectivity index (χ4v) is 4.08. The van der Waals surface area contributed by atoms with E-state index in [9.17, 15) is 5.26 Å². The van der Waals surface area contributed by atoms with Gasteiger partial charge in [0.2, 0.25) is 0 Å². The van der Waals surface area contributed by atoms with Crippen LogP contribution < -0.4 is 14.7 Å². The summed E-state index contributed by atoms with van der Waals surface area (Å²) in [6, 6.07) is 14.1. The number of nitriles is 1. The Kier molecular flexibility index (Phi) is 5.03. The molecule has 4 heterocycles. The maximum absolute atomic E-state index is 9.38. The molecule has 0 saturated carbocycles. The minimum Gasteiger partial charge on any atom is -0.378 e. The molecular weight excluding hydrogens is 378 g/mol. The molecule has 30 heavy (non-hydrogen) atoms. The number of piperazine rings is 1. The third-order valence-corrected chi connectivity index (χ3v) is 5.66. The van der Waals surface area contributed by atoms with Crippen molar-refractivity contribution in [3.05, 3.63) is 48.3 Å². The van der Waals surface area contributed by atoms with Crippen molar-refractivity contribution < 1.29 is 4.74 Å². The Hall–Kier alpha value is -3.44. The second kappa shape index (κ2) is 8.13. The van der Waals surface area contributed by atoms with Gasteiger partial charge in [0, 0.05) is 45.5 Å². The van der Waals surface area contributed by atoms with Crippen LogP contribution >= 0.6 is 0 Å². The summed E-state index contributed by atoms with van der Waals surface area (Å²) in [5.41, 5.74) is 3.20. The van der Waals surface area contributed by atoms with Gasteiger partial charge in [-0.2, -0.15) is 5.26 Å². The standard InChI is InChI=1S/C22H23N7O/c23-16-19-20(6-3-7-24-19)27-8-10-28(11-9-27)21-22(29-12-14-30-15-13-29)26-18-5-2-1-4-17(18)25-21/h1-7H,8-15H2. The molecule has 3 aromatic rings. The topological polar surface area (TPSA) is 81.4 Å². The first-order chi connectivity index (χ1) is 14.8. The number of fused-ring (bicyclic) bond motifs is 1. The lowest BCUT2D eigenvalue weighted by Gasteiger charge is -2.38. The van der Waals surface area contributed by atoms with Gasteiger partial charge in [-0.3, -0.25) is 0 Å². The second-order valence-corrected chi connectivity index (χ2v) is 7.42. The van der Waals surface area contributed by atoms with E-state index in [-0.39, 0.29) is 0 Å². The maximum atomic E-state index is 9.38. The van der Waals surface area contributed by atoms with Crippen LogP contribution in [0.4, 0.5) is 17.3 Å². The fraction of sp³-hybridized carbons (Fsp3) is 0.364. The van der Waals surface area contributed by atoms with Crippen molar-refractivity contribution >= 4 is 28.4 Å². The maximum Gasteiger partial charge on any atom is 0.172 e. The molecule has 0 spiro atoms. The van der Waals surface area contributed by atoms with Crippen LogP contribution in [0.5, 0.6) is 0 Å². The number of para-hydroxylation sites is 2. The van der Waals surface area contributed by atoms with Gasteiger partial charge >= 0.3 is 0 Å². The molecule has 0 N–H and O–H groups in total. The number of rotatable bonds is 3. The Morgan fingerprint density at radius 3 is 2.00 bits per heavy atom. The third-order valence-electron chi connectivity index (χ3n) is 5.66. The van der Waals surface area contributed by atoms with E-state index >= 15 is 0 Å². The van der Waals surface area contributed by atoms with Crippen LogP contribution in [0.1, 0.15) is 5.69 Å². The summed E-state index contributed by atoms with van der Waals surface area (Å²) in [5.74, 6) is 1.87. The predicted octanol–water partition coefficient (Wildman–Crippen LogP) is 2.06. The lowest BCUT2D eigenvalue weighted by molar-refractivity contribution is 0.122. The zero-order chi connectivity index (χ0) is 20.3. The predicted molar refractivity (Wildman–Crippen MR) is 116 cm³/mol. The SMILES string of the molecule is N#Cc1ncccc1N1CCN(c2nc3ccccc3nc2N2CCOCC2)CC1. The Labute approximate surface area is 175 Å². The van der Waals surface area contributed by atoms with Gasteiger partial charge in [-0.25, -0.2) is 15.0 Å². The van der Waals surface area contributed by atoms with Crippen molar-refractivity contribution in [1.29, 1.82) is 5.26 Å². The molecule has 0 bridgehead atoms. The van der Waals surface area contributed by atoms with Crippen molar-refractivity contribution in [2.75, 3.05) is 67.2 Å². The van der Waals surface area contributed by atoms with Crippen molar-refractivity contribution in [2.24, 2.45) is 0 Å². The van der Waals surface area contributed by atoms with Crippen LogP contribution in [0.2, 0.25) is 0 Å². The van der Waals surface area contributed by atoms with E-state index < -0.39 is 0 Å². The number of hydrogen-bond acceptors (Lipinski definition) is 8. The number of hydrogen-bond donors (Lipinski definition) is 0. The first-order valence-electron chi connectivity index (χ1n) is 10.3. The number of ether oxygens (including phenoxy) is 1. The average molecular weight is 401 g/mol. The molecular formula is C22H23N7O. The second-order valence-electron chi connectivity index (χ2n) is 7.42. The largest absolute Gasteiger partial charge is 0.378 e. The van der Waals surface area contributed by atoms with Gasteiger partial charge < -0.3 is 19.4 Å². The molecule has 2 fully saturated rings. The van der Waals surface area contributed by atoms with Gasteiger partial charge in [-0.15, -0.1) is 0 Å². The molecule has 0 radical (unpaired) electrons. The van der Waals surface area contributed by atoms with Gasteiger partial charge in [0.15, 0.2) is 17.3 Å². The highest BCUT2D eigenvalue weighted by Crippen LogP contribution is 2.30. The quantitative estimate of drug-likeness (QED) is 0.660. The molecule has 0 aliphatic carbocycles. The van der Waals surface area contributed by atoms with Gasteiger partial charge in [-0.05, 0) is 24.3 Å². The molecule has 0 amide bonds. The van der Waals surface area contributed by atoms with Crippen LogP contribution in [0, 0.1) is 11.3 Å². The van der Waals surface area contributed by atoms with E-state index in [0.29, 0.717) is 18.9 Å². The normalized spacial score (nSPS) is 17.2. The Balaban J connectivity index is 1.44. The van der Waals surface area contributed by atoms with Crippen LogP contribution in [0.15, 0.2) is 42.6 Å². The van der Waals surface area contributed by atoms with Crippen LogP contribution in [0.25, 0.3) is 11.0 Å². The van der Waals surface area contributed by atoms with Crippen LogP contribution in [-0.4, -0.2) is 67.4 Å². The zero-order valence-corrected chi connectivity index (χ0v) is 16.7. The van der Waals surface area contributed by atoms with Crippen LogP contribution in [0.3, 0.4) is 0 Å². The van der Waals surface area contributed by atoms with E-state index in [2.05, 4.69) is 25.8 Å². The van der Waals surface area contributed by atoms with E-state index in [4.69, 9.17) is 14.7 Å². The number of pyridine rings is 1. The minimum absolute atomic E-state index is 0.477. The van der Waals surface area contributed by atoms with E-state index in [0.717, 1.165) is 67.6 Å². The molecule has 152 valence electrons. The number of benzene rings is 1. The Morgan fingerprint density at radius 2 is 1.37 bits per heavy atom. The minimum atomic E-state index is 0.477. The summed E-state index contributed by atoms with van der Waals surface area (Å²) in [6.07, 6.45) is 1.66. The molecule has 5 rings (SSSR count). The summed E-state index contributed by atoms with van der Waals surface area (Å²) >= 11 is 0. The van der Waals surface area contributed by atoms with Gasteiger partial charge in [0.25, 0.3) is 0 Å². The van der Waals surface area contributed by atoms with Gasteiger partial charge in [0.05, 0.1) is 29.9 Å². The van der Waals surface area contributed by atoms with Gasteiger partial charge in [-0.1, -0.05) is 12.1 Å². The summed E-state index contributed by atoms with van der Waals surface area (Å²) < 4.78 is 5.54. The first kappa shape index (κ1) is 18.6. The zero-order valence-electron chi connectivity index (χ0n) is 16.7. The number of morpholine rings is 1. The Morgan fingerprint density at radius 1 is 0.767 bits per heavy atom. The van der Waals surface area contributed by atoms with Crippen molar-refractivity contribution in [2.45, 2.75) is 0 Å². The fourth-order valence-electron chi connectivity index (χ4n) is 4.08. The van der Waals surface area contributed by atoms with E-state index in [1.54, 1.807) is 6.20 Å². The van der Waals surface area contributed by atoms with Crippen LogP contribution in [-0.2, 0) is 4.74 Å². The molecule has 2 aliphatic heterocycles. The van der Waals surface area contributed by atoms with Crippen molar-refractivity contribution in [3.63, 3.8) is 0 Å². The summed E-state index contributed by atoms with van der Waals surface area (Å²) in [7, 11) is 0.